The molecule has 0 spiro atoms. The molecule has 2 heterocycles. The van der Waals surface area contributed by atoms with E-state index in [2.05, 4.69) is 27.5 Å². The number of fused-ring (bicyclic) bond motifs is 3. The van der Waals surface area contributed by atoms with Gasteiger partial charge in [-0.2, -0.15) is 0 Å². The molecule has 4 nitrogen and oxygen atoms in total. The van der Waals surface area contributed by atoms with Crippen molar-refractivity contribution in [3.05, 3.63) is 34.6 Å². The van der Waals surface area contributed by atoms with Crippen LogP contribution < -0.4 is 5.32 Å². The lowest BCUT2D eigenvalue weighted by molar-refractivity contribution is 0.797. The Morgan fingerprint density at radius 2 is 2.29 bits per heavy atom. The number of rotatable bonds is 2. The molecule has 0 saturated heterocycles. The summed E-state index contributed by atoms with van der Waals surface area (Å²) >= 11 is 6.19. The second-order valence-corrected chi connectivity index (χ2v) is 4.64. The van der Waals surface area contributed by atoms with Crippen LogP contribution in [0.2, 0.25) is 5.02 Å². The van der Waals surface area contributed by atoms with Gasteiger partial charge < -0.3 is 10.3 Å². The maximum Gasteiger partial charge on any atom is 0.212 e. The summed E-state index contributed by atoms with van der Waals surface area (Å²) in [5.74, 6) is 0.831. The van der Waals surface area contributed by atoms with Crippen LogP contribution in [0.5, 0.6) is 0 Å². The fourth-order valence-electron chi connectivity index (χ4n) is 2.12. The number of benzene rings is 1. The second kappa shape index (κ2) is 3.75. The Labute approximate surface area is 104 Å². The van der Waals surface area contributed by atoms with Crippen molar-refractivity contribution in [2.75, 3.05) is 7.05 Å². The van der Waals surface area contributed by atoms with Gasteiger partial charge in [0.25, 0.3) is 0 Å². The van der Waals surface area contributed by atoms with Crippen LogP contribution >= 0.6 is 11.6 Å². The molecular formula is C12H13ClN4. The summed E-state index contributed by atoms with van der Waals surface area (Å²) in [6, 6.07) is 4.03. The van der Waals surface area contributed by atoms with Crippen molar-refractivity contribution in [2.45, 2.75) is 13.5 Å². The van der Waals surface area contributed by atoms with E-state index in [1.807, 2.05) is 24.4 Å². The smallest absolute Gasteiger partial charge is 0.212 e. The summed E-state index contributed by atoms with van der Waals surface area (Å²) in [7, 11) is 1.92. The molecule has 0 aliphatic carbocycles. The minimum absolute atomic E-state index is 0.701. The molecule has 0 fully saturated rings. The lowest BCUT2D eigenvalue weighted by Crippen LogP contribution is -2.04. The van der Waals surface area contributed by atoms with Crippen LogP contribution in [-0.4, -0.2) is 21.4 Å². The van der Waals surface area contributed by atoms with Crippen molar-refractivity contribution < 1.29 is 0 Å². The molecule has 2 N–H and O–H groups in total. The number of hydrogen-bond acceptors (Lipinski definition) is 2. The second-order valence-electron chi connectivity index (χ2n) is 4.23. The van der Waals surface area contributed by atoms with Gasteiger partial charge in [-0.3, -0.25) is 4.40 Å². The van der Waals surface area contributed by atoms with E-state index in [4.69, 9.17) is 11.6 Å². The average Bonchev–Trinajstić information content (AvgIpc) is 2.77. The highest BCUT2D eigenvalue weighted by Gasteiger charge is 2.10. The molecular weight excluding hydrogens is 236 g/mol. The van der Waals surface area contributed by atoms with Crippen LogP contribution in [0.25, 0.3) is 16.8 Å². The van der Waals surface area contributed by atoms with E-state index >= 15 is 0 Å². The molecule has 0 radical (unpaired) electrons. The molecule has 2 aromatic heterocycles. The number of nitrogens with zero attached hydrogens (tertiary/aromatic N) is 2. The Hall–Kier alpha value is -1.52. The molecule has 0 bridgehead atoms. The highest BCUT2D eigenvalue weighted by atomic mass is 35.5. The van der Waals surface area contributed by atoms with Gasteiger partial charge in [-0.1, -0.05) is 11.6 Å². The van der Waals surface area contributed by atoms with E-state index in [0.717, 1.165) is 34.6 Å². The Morgan fingerprint density at radius 1 is 1.47 bits per heavy atom. The molecule has 3 rings (SSSR count). The standard InChI is InChI=1S/C12H13ClN4/c1-7-3-9(13)11-10(4-7)17-6-8(5-14-2)15-12(17)16-11/h3-4,6,14H,5H2,1-2H3,(H,15,16). The highest BCUT2D eigenvalue weighted by molar-refractivity contribution is 6.35. The molecule has 0 saturated carbocycles. The first-order chi connectivity index (χ1) is 8.19. The number of aromatic amines is 1. The van der Waals surface area contributed by atoms with Crippen molar-refractivity contribution in [3.63, 3.8) is 0 Å². The monoisotopic (exact) mass is 248 g/mol. The largest absolute Gasteiger partial charge is 0.326 e. The molecule has 5 heteroatoms. The molecule has 0 aliphatic heterocycles. The van der Waals surface area contributed by atoms with Gasteiger partial charge in [0.05, 0.1) is 10.5 Å². The van der Waals surface area contributed by atoms with Gasteiger partial charge in [-0.15, -0.1) is 0 Å². The van der Waals surface area contributed by atoms with E-state index in [1.165, 1.54) is 0 Å². The van der Waals surface area contributed by atoms with Gasteiger partial charge >= 0.3 is 0 Å². The van der Waals surface area contributed by atoms with Crippen LogP contribution in [-0.2, 0) is 6.54 Å². The zero-order chi connectivity index (χ0) is 12.0. The number of hydrogen-bond donors (Lipinski definition) is 2. The number of aryl methyl sites for hydroxylation is 1. The zero-order valence-corrected chi connectivity index (χ0v) is 10.5. The number of halogens is 1. The van der Waals surface area contributed by atoms with Crippen LogP contribution in [0, 0.1) is 6.92 Å². The number of nitrogens with one attached hydrogen (secondary N) is 2. The van der Waals surface area contributed by atoms with Crippen LogP contribution in [0.15, 0.2) is 18.3 Å². The summed E-state index contributed by atoms with van der Waals surface area (Å²) in [5, 5.41) is 3.81. The van der Waals surface area contributed by atoms with Crippen molar-refractivity contribution >= 4 is 28.4 Å². The van der Waals surface area contributed by atoms with E-state index in [-0.39, 0.29) is 0 Å². The van der Waals surface area contributed by atoms with Crippen molar-refractivity contribution in [1.29, 1.82) is 0 Å². The minimum atomic E-state index is 0.701. The highest BCUT2D eigenvalue weighted by Crippen LogP contribution is 2.25. The van der Waals surface area contributed by atoms with Crippen molar-refractivity contribution in [3.8, 4) is 0 Å². The third-order valence-corrected chi connectivity index (χ3v) is 3.11. The van der Waals surface area contributed by atoms with E-state index in [9.17, 15) is 0 Å². The topological polar surface area (TPSA) is 45.1 Å². The lowest BCUT2D eigenvalue weighted by atomic mass is 10.2. The minimum Gasteiger partial charge on any atom is -0.326 e. The summed E-state index contributed by atoms with van der Waals surface area (Å²) in [6.07, 6.45) is 2.05. The molecule has 0 aliphatic rings. The maximum absolute atomic E-state index is 6.19. The van der Waals surface area contributed by atoms with Crippen LogP contribution in [0.4, 0.5) is 0 Å². The first-order valence-electron chi connectivity index (χ1n) is 5.49. The third kappa shape index (κ3) is 1.61. The van der Waals surface area contributed by atoms with E-state index in [0.29, 0.717) is 5.02 Å². The van der Waals surface area contributed by atoms with Gasteiger partial charge in [0, 0.05) is 18.4 Å². The Bertz CT molecular complexity index is 695. The van der Waals surface area contributed by atoms with Crippen molar-refractivity contribution in [2.24, 2.45) is 0 Å². The first-order valence-corrected chi connectivity index (χ1v) is 5.87. The van der Waals surface area contributed by atoms with Gasteiger partial charge in [0.2, 0.25) is 5.78 Å². The fourth-order valence-corrected chi connectivity index (χ4v) is 2.43. The summed E-state index contributed by atoms with van der Waals surface area (Å²) in [4.78, 5) is 7.77. The molecule has 88 valence electrons. The SMILES string of the molecule is CNCc1cn2c(nc3c(Cl)cc(C)cc32)[nH]1. The molecule has 0 unspecified atom stereocenters. The fraction of sp³-hybridized carbons (Fsp3) is 0.250. The number of H-pyrrole nitrogens is 1. The molecule has 0 atom stereocenters. The lowest BCUT2D eigenvalue weighted by Gasteiger charge is -1.97. The predicted octanol–water partition coefficient (Wildman–Crippen LogP) is 2.50. The van der Waals surface area contributed by atoms with Gasteiger partial charge in [-0.05, 0) is 31.7 Å². The zero-order valence-electron chi connectivity index (χ0n) is 9.71. The quantitative estimate of drug-likeness (QED) is 0.732. The summed E-state index contributed by atoms with van der Waals surface area (Å²) < 4.78 is 2.04. The van der Waals surface area contributed by atoms with E-state index < -0.39 is 0 Å². The van der Waals surface area contributed by atoms with Gasteiger partial charge in [-0.25, -0.2) is 4.98 Å². The molecule has 17 heavy (non-hydrogen) atoms. The maximum atomic E-state index is 6.19. The average molecular weight is 249 g/mol. The van der Waals surface area contributed by atoms with Gasteiger partial charge in [0.15, 0.2) is 0 Å². The Morgan fingerprint density at radius 3 is 3.06 bits per heavy atom. The van der Waals surface area contributed by atoms with E-state index in [1.54, 1.807) is 0 Å². The summed E-state index contributed by atoms with van der Waals surface area (Å²) in [5.41, 5.74) is 4.14. The molecule has 3 aromatic rings. The number of imidazole rings is 2. The summed E-state index contributed by atoms with van der Waals surface area (Å²) in [6.45, 7) is 2.83. The van der Waals surface area contributed by atoms with Crippen LogP contribution in [0.3, 0.4) is 0 Å². The van der Waals surface area contributed by atoms with Gasteiger partial charge in [0.1, 0.15) is 5.52 Å². The normalized spacial score (nSPS) is 11.7. The molecule has 0 amide bonds. The Balaban J connectivity index is 2.32. The predicted molar refractivity (Wildman–Crippen MR) is 69.6 cm³/mol. The van der Waals surface area contributed by atoms with Crippen LogP contribution in [0.1, 0.15) is 11.3 Å². The first kappa shape index (κ1) is 10.6. The third-order valence-electron chi connectivity index (χ3n) is 2.82. The Kier molecular flexibility index (Phi) is 2.34. The van der Waals surface area contributed by atoms with Crippen molar-refractivity contribution in [1.82, 2.24) is 19.7 Å². The molecule has 1 aromatic carbocycles. The number of aromatic nitrogens is 3.